The number of benzene rings is 1. The summed E-state index contributed by atoms with van der Waals surface area (Å²) < 4.78 is 63.3. The lowest BCUT2D eigenvalue weighted by atomic mass is 10.3. The molecule has 0 amide bonds. The van der Waals surface area contributed by atoms with E-state index in [4.69, 9.17) is 15.6 Å². The molecule has 9 heteroatoms. The van der Waals surface area contributed by atoms with Crippen molar-refractivity contribution in [1.82, 2.24) is 0 Å². The van der Waals surface area contributed by atoms with Crippen LogP contribution in [0.3, 0.4) is 0 Å². The topological polar surface area (TPSA) is 95.4 Å². The SMILES string of the molecule is Nc1ccc(OCCCC(F)(F)F)c(S(N)(=O)=O)c1. The lowest BCUT2D eigenvalue weighted by Gasteiger charge is -2.11. The summed E-state index contributed by atoms with van der Waals surface area (Å²) in [6, 6.07) is 3.71. The van der Waals surface area contributed by atoms with Gasteiger partial charge in [-0.2, -0.15) is 13.2 Å². The van der Waals surface area contributed by atoms with Crippen molar-refractivity contribution in [3.05, 3.63) is 18.2 Å². The van der Waals surface area contributed by atoms with Gasteiger partial charge in [-0.15, -0.1) is 0 Å². The van der Waals surface area contributed by atoms with Gasteiger partial charge in [0.2, 0.25) is 10.0 Å². The number of nitrogens with two attached hydrogens (primary N) is 2. The number of primary sulfonamides is 1. The Labute approximate surface area is 108 Å². The Morgan fingerprint density at radius 2 is 1.89 bits per heavy atom. The number of alkyl halides is 3. The Kier molecular flexibility index (Phi) is 4.64. The molecule has 4 N–H and O–H groups in total. The van der Waals surface area contributed by atoms with Crippen molar-refractivity contribution >= 4 is 15.7 Å². The van der Waals surface area contributed by atoms with Gasteiger partial charge >= 0.3 is 6.18 Å². The van der Waals surface area contributed by atoms with Crippen molar-refractivity contribution < 1.29 is 26.3 Å². The minimum absolute atomic E-state index is 0.112. The second-order valence-electron chi connectivity index (χ2n) is 3.82. The van der Waals surface area contributed by atoms with E-state index >= 15 is 0 Å². The molecule has 0 aliphatic carbocycles. The zero-order valence-corrected chi connectivity index (χ0v) is 10.6. The van der Waals surface area contributed by atoms with Gasteiger partial charge in [0.1, 0.15) is 10.6 Å². The summed E-state index contributed by atoms with van der Waals surface area (Å²) >= 11 is 0. The third-order valence-corrected chi connectivity index (χ3v) is 3.07. The molecule has 0 saturated carbocycles. The highest BCUT2D eigenvalue weighted by molar-refractivity contribution is 7.89. The predicted octanol–water partition coefficient (Wildman–Crippen LogP) is 1.64. The molecule has 0 unspecified atom stereocenters. The predicted molar refractivity (Wildman–Crippen MR) is 63.0 cm³/mol. The van der Waals surface area contributed by atoms with E-state index in [-0.39, 0.29) is 29.4 Å². The Hall–Kier alpha value is -1.48. The van der Waals surface area contributed by atoms with E-state index in [2.05, 4.69) is 0 Å². The Balaban J connectivity index is 2.74. The summed E-state index contributed by atoms with van der Waals surface area (Å²) in [5.74, 6) is -0.112. The molecule has 0 spiro atoms. The average Bonchev–Trinajstić information content (AvgIpc) is 2.23. The fourth-order valence-corrected chi connectivity index (χ4v) is 2.03. The van der Waals surface area contributed by atoms with Crippen molar-refractivity contribution in [3.8, 4) is 5.75 Å². The van der Waals surface area contributed by atoms with Crippen LogP contribution in [0.1, 0.15) is 12.8 Å². The van der Waals surface area contributed by atoms with Crippen LogP contribution >= 0.6 is 0 Å². The van der Waals surface area contributed by atoms with Gasteiger partial charge < -0.3 is 10.5 Å². The quantitative estimate of drug-likeness (QED) is 0.638. The number of ether oxygens (including phenoxy) is 1. The minimum Gasteiger partial charge on any atom is -0.492 e. The Bertz CT molecular complexity index is 543. The molecule has 0 fully saturated rings. The molecule has 0 aliphatic rings. The van der Waals surface area contributed by atoms with E-state index in [1.807, 2.05) is 0 Å². The molecule has 0 radical (unpaired) electrons. The number of rotatable bonds is 5. The van der Waals surface area contributed by atoms with Crippen LogP contribution in [0.5, 0.6) is 5.75 Å². The average molecular weight is 298 g/mol. The number of sulfonamides is 1. The summed E-state index contributed by atoms with van der Waals surface area (Å²) in [5, 5.41) is 4.96. The lowest BCUT2D eigenvalue weighted by molar-refractivity contribution is -0.136. The van der Waals surface area contributed by atoms with E-state index in [0.29, 0.717) is 0 Å². The Morgan fingerprint density at radius 1 is 1.26 bits per heavy atom. The number of nitrogen functional groups attached to an aromatic ring is 1. The van der Waals surface area contributed by atoms with E-state index < -0.39 is 22.6 Å². The second kappa shape index (κ2) is 5.66. The summed E-state index contributed by atoms with van der Waals surface area (Å²) in [6.45, 7) is -0.272. The molecular formula is C10H13F3N2O3S. The summed E-state index contributed by atoms with van der Waals surface area (Å²) in [4.78, 5) is -0.348. The molecule has 0 aliphatic heterocycles. The number of halogens is 3. The molecule has 1 aromatic rings. The molecule has 19 heavy (non-hydrogen) atoms. The Morgan fingerprint density at radius 3 is 2.42 bits per heavy atom. The van der Waals surface area contributed by atoms with Crippen LogP contribution in [0.2, 0.25) is 0 Å². The minimum atomic E-state index is -4.27. The number of hydrogen-bond acceptors (Lipinski definition) is 4. The summed E-state index contributed by atoms with van der Waals surface area (Å²) in [5.41, 5.74) is 5.57. The maximum Gasteiger partial charge on any atom is 0.389 e. The first kappa shape index (κ1) is 15.6. The third-order valence-electron chi connectivity index (χ3n) is 2.14. The van der Waals surface area contributed by atoms with Gasteiger partial charge in [0.15, 0.2) is 0 Å². The van der Waals surface area contributed by atoms with Crippen molar-refractivity contribution in [2.24, 2.45) is 5.14 Å². The smallest absolute Gasteiger partial charge is 0.389 e. The summed E-state index contributed by atoms with van der Waals surface area (Å²) in [7, 11) is -4.05. The van der Waals surface area contributed by atoms with Gasteiger partial charge in [0.05, 0.1) is 6.61 Å². The molecule has 0 atom stereocenters. The van der Waals surface area contributed by atoms with Gasteiger partial charge in [-0.25, -0.2) is 13.6 Å². The largest absolute Gasteiger partial charge is 0.492 e. The normalized spacial score (nSPS) is 12.4. The highest BCUT2D eigenvalue weighted by Crippen LogP contribution is 2.26. The molecule has 0 heterocycles. The maximum absolute atomic E-state index is 11.9. The molecule has 0 aromatic heterocycles. The third kappa shape index (κ3) is 5.35. The van der Waals surface area contributed by atoms with E-state index in [9.17, 15) is 21.6 Å². The van der Waals surface area contributed by atoms with Gasteiger partial charge in [-0.1, -0.05) is 0 Å². The van der Waals surface area contributed by atoms with Gasteiger partial charge in [-0.05, 0) is 24.6 Å². The van der Waals surface area contributed by atoms with Crippen LogP contribution in [-0.2, 0) is 10.0 Å². The summed E-state index contributed by atoms with van der Waals surface area (Å²) in [6.07, 6.45) is -5.56. The maximum atomic E-state index is 11.9. The molecular weight excluding hydrogens is 285 g/mol. The van der Waals surface area contributed by atoms with Crippen LogP contribution in [-0.4, -0.2) is 21.2 Å². The van der Waals surface area contributed by atoms with Crippen molar-refractivity contribution in [2.75, 3.05) is 12.3 Å². The monoisotopic (exact) mass is 298 g/mol. The van der Waals surface area contributed by atoms with E-state index in [1.54, 1.807) is 0 Å². The van der Waals surface area contributed by atoms with Crippen molar-refractivity contribution in [2.45, 2.75) is 23.9 Å². The van der Waals surface area contributed by atoms with E-state index in [1.165, 1.54) is 12.1 Å². The first-order valence-corrected chi connectivity index (χ1v) is 6.76. The first-order chi connectivity index (χ1) is 8.59. The zero-order chi connectivity index (χ0) is 14.7. The lowest BCUT2D eigenvalue weighted by Crippen LogP contribution is -2.15. The fraction of sp³-hybridized carbons (Fsp3) is 0.400. The second-order valence-corrected chi connectivity index (χ2v) is 5.35. The molecule has 0 bridgehead atoms. The zero-order valence-electron chi connectivity index (χ0n) is 9.77. The molecule has 1 rings (SSSR count). The van der Waals surface area contributed by atoms with Crippen molar-refractivity contribution in [3.63, 3.8) is 0 Å². The highest BCUT2D eigenvalue weighted by Gasteiger charge is 2.26. The van der Waals surface area contributed by atoms with Gasteiger partial charge in [0.25, 0.3) is 0 Å². The van der Waals surface area contributed by atoms with Gasteiger partial charge in [-0.3, -0.25) is 0 Å². The van der Waals surface area contributed by atoms with Crippen molar-refractivity contribution in [1.29, 1.82) is 0 Å². The molecule has 0 saturated heterocycles. The van der Waals surface area contributed by atoms with Crippen LogP contribution in [0, 0.1) is 0 Å². The molecule has 5 nitrogen and oxygen atoms in total. The van der Waals surface area contributed by atoms with Crippen LogP contribution in [0.4, 0.5) is 18.9 Å². The number of anilines is 1. The molecule has 1 aromatic carbocycles. The van der Waals surface area contributed by atoms with Crippen LogP contribution in [0.25, 0.3) is 0 Å². The standard InChI is InChI=1S/C10H13F3N2O3S/c11-10(12,13)4-1-5-18-8-3-2-7(14)6-9(8)19(15,16)17/h2-3,6H,1,4-5,14H2,(H2,15,16,17). The van der Waals surface area contributed by atoms with E-state index in [0.717, 1.165) is 6.07 Å². The van der Waals surface area contributed by atoms with Crippen LogP contribution in [0.15, 0.2) is 23.1 Å². The highest BCUT2D eigenvalue weighted by atomic mass is 32.2. The molecule has 108 valence electrons. The first-order valence-electron chi connectivity index (χ1n) is 5.21. The fourth-order valence-electron chi connectivity index (χ4n) is 1.32. The van der Waals surface area contributed by atoms with Gasteiger partial charge in [0, 0.05) is 12.1 Å². The van der Waals surface area contributed by atoms with Crippen LogP contribution < -0.4 is 15.6 Å². The number of hydrogen-bond donors (Lipinski definition) is 2.